The van der Waals surface area contributed by atoms with E-state index < -0.39 is 17.2 Å². The number of fused-ring (bicyclic) bond motifs is 2. The molecule has 2 aromatic heterocycles. The molecule has 0 radical (unpaired) electrons. The van der Waals surface area contributed by atoms with Crippen molar-refractivity contribution in [3.05, 3.63) is 45.4 Å². The van der Waals surface area contributed by atoms with Crippen molar-refractivity contribution in [2.75, 3.05) is 5.73 Å². The minimum atomic E-state index is -1.28. The van der Waals surface area contributed by atoms with Gasteiger partial charge in [0.25, 0.3) is 0 Å². The fourth-order valence-electron chi connectivity index (χ4n) is 3.73. The molecular formula is C19H17FN2O4. The molecule has 0 amide bonds. The molecule has 0 unspecified atom stereocenters. The van der Waals surface area contributed by atoms with Gasteiger partial charge in [-0.1, -0.05) is 19.3 Å². The van der Waals surface area contributed by atoms with Gasteiger partial charge in [-0.05, 0) is 36.5 Å². The van der Waals surface area contributed by atoms with E-state index in [4.69, 9.17) is 10.2 Å². The number of hydrogen-bond donors (Lipinski definition) is 2. The van der Waals surface area contributed by atoms with E-state index in [0.717, 1.165) is 38.2 Å². The van der Waals surface area contributed by atoms with Crippen LogP contribution in [-0.4, -0.2) is 16.1 Å². The standard InChI is InChI=1S/C19H17FN2O4/c20-14-8-15-11(6-10(14)9-4-2-1-3-5-9)16(23)12-7-13(19(24)25)17(21)22-18(12)26-15/h6-9H,1-5H2,(H2,21,22)(H,24,25). The van der Waals surface area contributed by atoms with Gasteiger partial charge in [0.2, 0.25) is 11.1 Å². The minimum absolute atomic E-state index is 0.0188. The van der Waals surface area contributed by atoms with Crippen LogP contribution >= 0.6 is 0 Å². The molecule has 7 heteroatoms. The van der Waals surface area contributed by atoms with Gasteiger partial charge in [0.05, 0.1) is 10.8 Å². The Labute approximate surface area is 147 Å². The molecule has 1 saturated carbocycles. The number of pyridine rings is 1. The number of anilines is 1. The second kappa shape index (κ2) is 6.09. The Balaban J connectivity index is 1.98. The van der Waals surface area contributed by atoms with Gasteiger partial charge in [-0.15, -0.1) is 0 Å². The van der Waals surface area contributed by atoms with Crippen molar-refractivity contribution in [1.29, 1.82) is 0 Å². The zero-order chi connectivity index (χ0) is 18.4. The Bertz CT molecular complexity index is 1100. The molecule has 0 atom stereocenters. The molecule has 1 aromatic carbocycles. The van der Waals surface area contributed by atoms with Gasteiger partial charge >= 0.3 is 5.97 Å². The highest BCUT2D eigenvalue weighted by Gasteiger charge is 2.22. The van der Waals surface area contributed by atoms with Crippen molar-refractivity contribution in [2.45, 2.75) is 38.0 Å². The van der Waals surface area contributed by atoms with E-state index in [1.165, 1.54) is 6.07 Å². The lowest BCUT2D eigenvalue weighted by molar-refractivity contribution is 0.0698. The third-order valence-corrected chi connectivity index (χ3v) is 5.09. The second-order valence-corrected chi connectivity index (χ2v) is 6.72. The molecule has 1 fully saturated rings. The highest BCUT2D eigenvalue weighted by Crippen LogP contribution is 2.35. The maximum Gasteiger partial charge on any atom is 0.339 e. The molecule has 0 spiro atoms. The van der Waals surface area contributed by atoms with Crippen LogP contribution in [0, 0.1) is 5.82 Å². The lowest BCUT2D eigenvalue weighted by Gasteiger charge is -2.22. The molecule has 0 saturated heterocycles. The molecule has 1 aliphatic rings. The van der Waals surface area contributed by atoms with Crippen LogP contribution in [0.3, 0.4) is 0 Å². The lowest BCUT2D eigenvalue weighted by Crippen LogP contribution is -2.11. The number of aromatic carboxylic acids is 1. The highest BCUT2D eigenvalue weighted by molar-refractivity contribution is 5.98. The van der Waals surface area contributed by atoms with Crippen LogP contribution in [0.5, 0.6) is 0 Å². The summed E-state index contributed by atoms with van der Waals surface area (Å²) in [7, 11) is 0. The minimum Gasteiger partial charge on any atom is -0.478 e. The Morgan fingerprint density at radius 3 is 2.62 bits per heavy atom. The van der Waals surface area contributed by atoms with Crippen molar-refractivity contribution >= 4 is 33.9 Å². The van der Waals surface area contributed by atoms with Crippen LogP contribution in [0.15, 0.2) is 27.4 Å². The van der Waals surface area contributed by atoms with Crippen LogP contribution in [0.1, 0.15) is 53.9 Å². The molecule has 26 heavy (non-hydrogen) atoms. The number of benzene rings is 1. The Kier molecular flexibility index (Phi) is 3.86. The summed E-state index contributed by atoms with van der Waals surface area (Å²) in [5.74, 6) is -1.85. The lowest BCUT2D eigenvalue weighted by atomic mass is 9.83. The molecule has 3 aromatic rings. The molecule has 2 heterocycles. The number of aromatic nitrogens is 1. The van der Waals surface area contributed by atoms with Gasteiger partial charge in [0.15, 0.2) is 0 Å². The van der Waals surface area contributed by atoms with Crippen molar-refractivity contribution in [3.8, 4) is 0 Å². The van der Waals surface area contributed by atoms with E-state index in [1.54, 1.807) is 6.07 Å². The van der Waals surface area contributed by atoms with Crippen LogP contribution < -0.4 is 11.2 Å². The molecular weight excluding hydrogens is 339 g/mol. The Morgan fingerprint density at radius 2 is 1.92 bits per heavy atom. The first-order chi connectivity index (χ1) is 12.5. The number of rotatable bonds is 2. The molecule has 0 aliphatic heterocycles. The zero-order valence-electron chi connectivity index (χ0n) is 13.9. The molecule has 3 N–H and O–H groups in total. The molecule has 4 rings (SSSR count). The molecule has 0 bridgehead atoms. The number of carboxylic acid groups (broad SMARTS) is 1. The monoisotopic (exact) mass is 356 g/mol. The highest BCUT2D eigenvalue weighted by atomic mass is 19.1. The van der Waals surface area contributed by atoms with Crippen molar-refractivity contribution < 1.29 is 18.7 Å². The number of halogens is 1. The summed E-state index contributed by atoms with van der Waals surface area (Å²) in [6.07, 6.45) is 5.01. The van der Waals surface area contributed by atoms with E-state index >= 15 is 0 Å². The maximum atomic E-state index is 14.6. The largest absolute Gasteiger partial charge is 0.478 e. The van der Waals surface area contributed by atoms with Gasteiger partial charge in [-0.3, -0.25) is 4.79 Å². The van der Waals surface area contributed by atoms with Crippen molar-refractivity contribution in [3.63, 3.8) is 0 Å². The normalized spacial score (nSPS) is 15.6. The predicted octanol–water partition coefficient (Wildman–Crippen LogP) is 3.81. The molecule has 134 valence electrons. The van der Waals surface area contributed by atoms with E-state index in [0.29, 0.717) is 5.56 Å². The van der Waals surface area contributed by atoms with Crippen LogP contribution in [0.4, 0.5) is 10.2 Å². The van der Waals surface area contributed by atoms with Crippen molar-refractivity contribution in [2.24, 2.45) is 0 Å². The summed E-state index contributed by atoms with van der Waals surface area (Å²) >= 11 is 0. The van der Waals surface area contributed by atoms with Crippen LogP contribution in [-0.2, 0) is 0 Å². The first-order valence-corrected chi connectivity index (χ1v) is 8.55. The maximum absolute atomic E-state index is 14.6. The number of carboxylic acids is 1. The average molecular weight is 356 g/mol. The first-order valence-electron chi connectivity index (χ1n) is 8.55. The van der Waals surface area contributed by atoms with Gasteiger partial charge in [-0.25, -0.2) is 9.18 Å². The molecule has 1 aliphatic carbocycles. The van der Waals surface area contributed by atoms with E-state index in [1.807, 2.05) is 0 Å². The van der Waals surface area contributed by atoms with Gasteiger partial charge < -0.3 is 15.3 Å². The van der Waals surface area contributed by atoms with Gasteiger partial charge in [0, 0.05) is 6.07 Å². The molecule has 6 nitrogen and oxygen atoms in total. The average Bonchev–Trinajstić information content (AvgIpc) is 2.61. The summed E-state index contributed by atoms with van der Waals surface area (Å²) in [5, 5.41) is 9.42. The SMILES string of the molecule is Nc1nc2oc3cc(F)c(C4CCCCC4)cc3c(=O)c2cc1C(=O)O. The van der Waals surface area contributed by atoms with E-state index in [9.17, 15) is 19.1 Å². The van der Waals surface area contributed by atoms with E-state index in [2.05, 4.69) is 4.98 Å². The van der Waals surface area contributed by atoms with Gasteiger partial charge in [-0.2, -0.15) is 4.98 Å². The smallest absolute Gasteiger partial charge is 0.339 e. The summed E-state index contributed by atoms with van der Waals surface area (Å²) in [5.41, 5.74) is 5.40. The third-order valence-electron chi connectivity index (χ3n) is 5.09. The fourth-order valence-corrected chi connectivity index (χ4v) is 3.73. The second-order valence-electron chi connectivity index (χ2n) is 6.72. The van der Waals surface area contributed by atoms with Crippen LogP contribution in [0.25, 0.3) is 22.1 Å². The Hall–Kier alpha value is -2.96. The number of nitrogens with two attached hydrogens (primary N) is 1. The predicted molar refractivity (Wildman–Crippen MR) is 94.9 cm³/mol. The topological polar surface area (TPSA) is 106 Å². The number of nitrogens with zero attached hydrogens (tertiary/aromatic N) is 1. The summed E-state index contributed by atoms with van der Waals surface area (Å²) < 4.78 is 20.1. The number of nitrogen functional groups attached to an aromatic ring is 1. The van der Waals surface area contributed by atoms with Crippen LogP contribution in [0.2, 0.25) is 0 Å². The van der Waals surface area contributed by atoms with Crippen molar-refractivity contribution in [1.82, 2.24) is 4.98 Å². The fraction of sp³-hybridized carbons (Fsp3) is 0.316. The quantitative estimate of drug-likeness (QED) is 0.676. The zero-order valence-corrected chi connectivity index (χ0v) is 13.9. The third kappa shape index (κ3) is 2.60. The summed E-state index contributed by atoms with van der Waals surface area (Å²) in [6.45, 7) is 0. The van der Waals surface area contributed by atoms with Gasteiger partial charge in [0.1, 0.15) is 22.8 Å². The Morgan fingerprint density at radius 1 is 1.19 bits per heavy atom. The first kappa shape index (κ1) is 16.5. The summed E-state index contributed by atoms with van der Waals surface area (Å²) in [6, 6.07) is 3.92. The summed E-state index contributed by atoms with van der Waals surface area (Å²) in [4.78, 5) is 28.0. The van der Waals surface area contributed by atoms with E-state index in [-0.39, 0.29) is 39.4 Å². The number of carbonyl (C=O) groups is 1. The number of hydrogen-bond acceptors (Lipinski definition) is 5.